The first-order chi connectivity index (χ1) is 9.72. The molecule has 4 nitrogen and oxygen atoms in total. The van der Waals surface area contributed by atoms with Crippen molar-refractivity contribution in [3.05, 3.63) is 59.5 Å². The van der Waals surface area contributed by atoms with E-state index < -0.39 is 0 Å². The summed E-state index contributed by atoms with van der Waals surface area (Å²) in [4.78, 5) is 12.0. The van der Waals surface area contributed by atoms with Gasteiger partial charge in [0, 0.05) is 6.42 Å². The second-order valence-corrected chi connectivity index (χ2v) is 4.66. The van der Waals surface area contributed by atoms with Gasteiger partial charge in [-0.05, 0) is 24.1 Å². The van der Waals surface area contributed by atoms with E-state index in [4.69, 9.17) is 4.42 Å². The van der Waals surface area contributed by atoms with Crippen molar-refractivity contribution in [1.29, 1.82) is 0 Å². The van der Waals surface area contributed by atoms with Crippen LogP contribution in [0.25, 0.3) is 0 Å². The lowest BCUT2D eigenvalue weighted by Crippen LogP contribution is -2.38. The molecule has 2 N–H and O–H groups in total. The zero-order valence-electron chi connectivity index (χ0n) is 11.5. The average molecular weight is 273 g/mol. The van der Waals surface area contributed by atoms with Crippen LogP contribution in [0.2, 0.25) is 0 Å². The molecule has 0 aliphatic carbocycles. The molecule has 1 amide bonds. The number of amides is 1. The summed E-state index contributed by atoms with van der Waals surface area (Å²) in [5.74, 6) is 0.770. The first kappa shape index (κ1) is 14.3. The molecule has 0 saturated heterocycles. The molecule has 1 aromatic heterocycles. The number of aryl methyl sites for hydroxylation is 1. The summed E-state index contributed by atoms with van der Waals surface area (Å²) in [6.07, 6.45) is 1.34. The van der Waals surface area contributed by atoms with Gasteiger partial charge in [-0.1, -0.05) is 37.3 Å². The maximum absolute atomic E-state index is 12.0. The lowest BCUT2D eigenvalue weighted by molar-refractivity contribution is 0.0887. The molecule has 0 saturated carbocycles. The van der Waals surface area contributed by atoms with Crippen LogP contribution in [0.1, 0.15) is 28.8 Å². The van der Waals surface area contributed by atoms with E-state index in [0.29, 0.717) is 6.42 Å². The van der Waals surface area contributed by atoms with E-state index in [1.165, 1.54) is 0 Å². The van der Waals surface area contributed by atoms with Crippen molar-refractivity contribution in [2.75, 3.05) is 6.61 Å². The highest BCUT2D eigenvalue weighted by atomic mass is 16.3. The van der Waals surface area contributed by atoms with E-state index in [-0.39, 0.29) is 24.3 Å². The van der Waals surface area contributed by atoms with E-state index >= 15 is 0 Å². The van der Waals surface area contributed by atoms with Gasteiger partial charge in [-0.25, -0.2) is 0 Å². The molecular formula is C16H19NO3. The summed E-state index contributed by atoms with van der Waals surface area (Å²) in [7, 11) is 0. The molecule has 1 unspecified atom stereocenters. The van der Waals surface area contributed by atoms with Crippen LogP contribution in [-0.4, -0.2) is 23.7 Å². The lowest BCUT2D eigenvalue weighted by Gasteiger charge is -2.15. The Hall–Kier alpha value is -2.07. The van der Waals surface area contributed by atoms with Gasteiger partial charge in [-0.15, -0.1) is 0 Å². The fraction of sp³-hybridized carbons (Fsp3) is 0.312. The number of aliphatic hydroxyl groups is 1. The Morgan fingerprint density at radius 2 is 2.00 bits per heavy atom. The number of benzene rings is 1. The Morgan fingerprint density at radius 3 is 2.60 bits per heavy atom. The van der Waals surface area contributed by atoms with Crippen LogP contribution in [0.5, 0.6) is 0 Å². The smallest absolute Gasteiger partial charge is 0.287 e. The zero-order valence-corrected chi connectivity index (χ0v) is 11.5. The Balaban J connectivity index is 1.97. The van der Waals surface area contributed by atoms with E-state index in [0.717, 1.165) is 17.7 Å². The highest BCUT2D eigenvalue weighted by Crippen LogP contribution is 2.09. The van der Waals surface area contributed by atoms with Crippen molar-refractivity contribution in [3.8, 4) is 0 Å². The van der Waals surface area contributed by atoms with E-state index in [2.05, 4.69) is 5.32 Å². The molecule has 1 aromatic carbocycles. The van der Waals surface area contributed by atoms with Crippen molar-refractivity contribution in [1.82, 2.24) is 5.32 Å². The molecule has 2 rings (SSSR count). The minimum Gasteiger partial charge on any atom is -0.456 e. The van der Waals surface area contributed by atoms with Crippen molar-refractivity contribution in [3.63, 3.8) is 0 Å². The minimum atomic E-state index is -0.319. The maximum Gasteiger partial charge on any atom is 0.287 e. The van der Waals surface area contributed by atoms with Gasteiger partial charge in [-0.3, -0.25) is 4.79 Å². The van der Waals surface area contributed by atoms with Crippen molar-refractivity contribution >= 4 is 5.91 Å². The number of carbonyl (C=O) groups excluding carboxylic acids is 1. The van der Waals surface area contributed by atoms with E-state index in [1.54, 1.807) is 12.1 Å². The summed E-state index contributed by atoms with van der Waals surface area (Å²) in [6.45, 7) is 1.86. The molecule has 0 aliphatic heterocycles. The van der Waals surface area contributed by atoms with Crippen LogP contribution in [-0.2, 0) is 12.8 Å². The number of aliphatic hydroxyl groups excluding tert-OH is 1. The van der Waals surface area contributed by atoms with Gasteiger partial charge in [0.2, 0.25) is 0 Å². The highest BCUT2D eigenvalue weighted by Gasteiger charge is 2.16. The largest absolute Gasteiger partial charge is 0.456 e. The normalized spacial score (nSPS) is 12.1. The third-order valence-corrected chi connectivity index (χ3v) is 3.11. The molecule has 0 spiro atoms. The molecule has 2 aromatic rings. The van der Waals surface area contributed by atoms with E-state index in [1.807, 2.05) is 37.3 Å². The average Bonchev–Trinajstić information content (AvgIpc) is 2.96. The summed E-state index contributed by atoms with van der Waals surface area (Å²) in [5.41, 5.74) is 1.07. The highest BCUT2D eigenvalue weighted by molar-refractivity contribution is 5.91. The monoisotopic (exact) mass is 273 g/mol. The Bertz CT molecular complexity index is 548. The standard InChI is InChI=1S/C16H19NO3/c1-2-14-8-9-15(20-14)16(19)17-13(11-18)10-12-6-4-3-5-7-12/h3-9,13,18H,2,10-11H2,1H3,(H,17,19). The number of hydrogen-bond donors (Lipinski definition) is 2. The number of nitrogens with one attached hydrogen (secondary N) is 1. The number of furan rings is 1. The quantitative estimate of drug-likeness (QED) is 0.848. The molecule has 0 aliphatic rings. The molecule has 1 heterocycles. The molecule has 0 radical (unpaired) electrons. The summed E-state index contributed by atoms with van der Waals surface area (Å²) in [6, 6.07) is 12.9. The third-order valence-electron chi connectivity index (χ3n) is 3.11. The van der Waals surface area contributed by atoms with Gasteiger partial charge in [0.25, 0.3) is 5.91 Å². The SMILES string of the molecule is CCc1ccc(C(=O)NC(CO)Cc2ccccc2)o1. The molecule has 20 heavy (non-hydrogen) atoms. The van der Waals surface area contributed by atoms with E-state index in [9.17, 15) is 9.90 Å². The Labute approximate surface area is 118 Å². The first-order valence-electron chi connectivity index (χ1n) is 6.77. The Morgan fingerprint density at radius 1 is 1.25 bits per heavy atom. The maximum atomic E-state index is 12.0. The van der Waals surface area contributed by atoms with Gasteiger partial charge in [-0.2, -0.15) is 0 Å². The molecule has 4 heteroatoms. The van der Waals surface area contributed by atoms with Crippen LogP contribution in [0, 0.1) is 0 Å². The fourth-order valence-corrected chi connectivity index (χ4v) is 2.01. The summed E-state index contributed by atoms with van der Waals surface area (Å²) in [5, 5.41) is 12.2. The zero-order chi connectivity index (χ0) is 14.4. The molecule has 106 valence electrons. The van der Waals surface area contributed by atoms with Crippen LogP contribution >= 0.6 is 0 Å². The van der Waals surface area contributed by atoms with Crippen LogP contribution < -0.4 is 5.32 Å². The predicted octanol–water partition coefficient (Wildman–Crippen LogP) is 2.18. The van der Waals surface area contributed by atoms with Crippen molar-refractivity contribution < 1.29 is 14.3 Å². The molecule has 1 atom stereocenters. The minimum absolute atomic E-state index is 0.109. The fourth-order valence-electron chi connectivity index (χ4n) is 2.01. The molecule has 0 fully saturated rings. The summed E-state index contributed by atoms with van der Waals surface area (Å²) < 4.78 is 5.40. The van der Waals surface area contributed by atoms with Gasteiger partial charge < -0.3 is 14.8 Å². The van der Waals surface area contributed by atoms with Gasteiger partial charge in [0.1, 0.15) is 5.76 Å². The summed E-state index contributed by atoms with van der Waals surface area (Å²) >= 11 is 0. The number of carbonyl (C=O) groups is 1. The molecular weight excluding hydrogens is 254 g/mol. The topological polar surface area (TPSA) is 62.5 Å². The van der Waals surface area contributed by atoms with Crippen molar-refractivity contribution in [2.45, 2.75) is 25.8 Å². The van der Waals surface area contributed by atoms with Gasteiger partial charge in [0.05, 0.1) is 12.6 Å². The third kappa shape index (κ3) is 3.71. The molecule has 0 bridgehead atoms. The number of hydrogen-bond acceptors (Lipinski definition) is 3. The van der Waals surface area contributed by atoms with Gasteiger partial charge >= 0.3 is 0 Å². The second kappa shape index (κ2) is 6.91. The first-order valence-corrected chi connectivity index (χ1v) is 6.77. The predicted molar refractivity (Wildman–Crippen MR) is 76.6 cm³/mol. The second-order valence-electron chi connectivity index (χ2n) is 4.66. The van der Waals surface area contributed by atoms with Crippen molar-refractivity contribution in [2.24, 2.45) is 0 Å². The van der Waals surface area contributed by atoms with Gasteiger partial charge in [0.15, 0.2) is 5.76 Å². The lowest BCUT2D eigenvalue weighted by atomic mass is 10.1. The van der Waals surface area contributed by atoms with Crippen LogP contribution in [0.4, 0.5) is 0 Å². The van der Waals surface area contributed by atoms with Crippen LogP contribution in [0.15, 0.2) is 46.9 Å². The Kier molecular flexibility index (Phi) is 4.96. The van der Waals surface area contributed by atoms with Crippen LogP contribution in [0.3, 0.4) is 0 Å². The number of rotatable bonds is 6.